The minimum absolute atomic E-state index is 0.0472. The summed E-state index contributed by atoms with van der Waals surface area (Å²) in [5.41, 5.74) is 0. The zero-order valence-corrected chi connectivity index (χ0v) is 15.0. The molecule has 0 aliphatic rings. The minimum atomic E-state index is -0.0472. The Morgan fingerprint density at radius 3 is 1.95 bits per heavy atom. The summed E-state index contributed by atoms with van der Waals surface area (Å²) < 4.78 is 4.95. The van der Waals surface area contributed by atoms with Crippen LogP contribution < -0.4 is 0 Å². The molecule has 0 aliphatic heterocycles. The first-order valence-electron chi connectivity index (χ1n) is 8.83. The Bertz CT molecular complexity index is 240. The SMILES string of the molecule is CCOC(=O)CCCCCN(CCC(C)C)CCC(C)C. The van der Waals surface area contributed by atoms with E-state index in [1.165, 1.54) is 38.9 Å². The maximum absolute atomic E-state index is 11.3. The summed E-state index contributed by atoms with van der Waals surface area (Å²) >= 11 is 0. The van der Waals surface area contributed by atoms with Crippen LogP contribution in [0.2, 0.25) is 0 Å². The van der Waals surface area contributed by atoms with Crippen LogP contribution in [0.4, 0.5) is 0 Å². The van der Waals surface area contributed by atoms with Crippen molar-refractivity contribution >= 4 is 5.97 Å². The first-order chi connectivity index (χ1) is 9.95. The fourth-order valence-corrected chi connectivity index (χ4v) is 2.23. The van der Waals surface area contributed by atoms with Gasteiger partial charge >= 0.3 is 5.97 Å². The predicted molar refractivity (Wildman–Crippen MR) is 90.5 cm³/mol. The standard InChI is InChI=1S/C18H37NO2/c1-6-21-18(20)10-8-7-9-13-19(14-11-16(2)3)15-12-17(4)5/h16-17H,6-15H2,1-5H3. The van der Waals surface area contributed by atoms with E-state index in [2.05, 4.69) is 32.6 Å². The van der Waals surface area contributed by atoms with E-state index in [1.54, 1.807) is 0 Å². The molecule has 0 saturated carbocycles. The van der Waals surface area contributed by atoms with Crippen LogP contribution in [0, 0.1) is 11.8 Å². The summed E-state index contributed by atoms with van der Waals surface area (Å²) in [7, 11) is 0. The molecule has 0 N–H and O–H groups in total. The Balaban J connectivity index is 3.80. The van der Waals surface area contributed by atoms with Gasteiger partial charge < -0.3 is 9.64 Å². The molecule has 0 rings (SSSR count). The van der Waals surface area contributed by atoms with E-state index in [1.807, 2.05) is 6.92 Å². The van der Waals surface area contributed by atoms with E-state index < -0.39 is 0 Å². The largest absolute Gasteiger partial charge is 0.466 e. The van der Waals surface area contributed by atoms with Gasteiger partial charge in [-0.25, -0.2) is 0 Å². The molecule has 0 aromatic heterocycles. The summed E-state index contributed by atoms with van der Waals surface area (Å²) in [5, 5.41) is 0. The smallest absolute Gasteiger partial charge is 0.305 e. The van der Waals surface area contributed by atoms with Crippen molar-refractivity contribution in [2.45, 2.75) is 73.1 Å². The average Bonchev–Trinajstić information content (AvgIpc) is 2.40. The molecule has 126 valence electrons. The topological polar surface area (TPSA) is 29.5 Å². The van der Waals surface area contributed by atoms with Crippen LogP contribution in [-0.4, -0.2) is 37.1 Å². The van der Waals surface area contributed by atoms with Crippen molar-refractivity contribution in [2.24, 2.45) is 11.8 Å². The third-order valence-electron chi connectivity index (χ3n) is 3.71. The van der Waals surface area contributed by atoms with Gasteiger partial charge in [0.25, 0.3) is 0 Å². The van der Waals surface area contributed by atoms with Crippen LogP contribution in [0.1, 0.15) is 73.1 Å². The van der Waals surface area contributed by atoms with E-state index in [4.69, 9.17) is 4.74 Å². The molecular formula is C18H37NO2. The van der Waals surface area contributed by atoms with Crippen molar-refractivity contribution in [1.29, 1.82) is 0 Å². The van der Waals surface area contributed by atoms with E-state index in [-0.39, 0.29) is 5.97 Å². The Kier molecular flexibility index (Phi) is 12.8. The van der Waals surface area contributed by atoms with Crippen LogP contribution in [0.25, 0.3) is 0 Å². The Morgan fingerprint density at radius 1 is 0.905 bits per heavy atom. The van der Waals surface area contributed by atoms with E-state index in [9.17, 15) is 4.79 Å². The molecule has 3 nitrogen and oxygen atoms in total. The highest BCUT2D eigenvalue weighted by Gasteiger charge is 2.08. The van der Waals surface area contributed by atoms with Crippen LogP contribution in [0.5, 0.6) is 0 Å². The van der Waals surface area contributed by atoms with Gasteiger partial charge in [-0.3, -0.25) is 4.79 Å². The van der Waals surface area contributed by atoms with Gasteiger partial charge in [0.2, 0.25) is 0 Å². The summed E-state index contributed by atoms with van der Waals surface area (Å²) in [4.78, 5) is 13.9. The Hall–Kier alpha value is -0.570. The van der Waals surface area contributed by atoms with Crippen molar-refractivity contribution in [2.75, 3.05) is 26.2 Å². The first-order valence-corrected chi connectivity index (χ1v) is 8.83. The van der Waals surface area contributed by atoms with E-state index in [0.29, 0.717) is 13.0 Å². The van der Waals surface area contributed by atoms with Crippen molar-refractivity contribution < 1.29 is 9.53 Å². The maximum Gasteiger partial charge on any atom is 0.305 e. The number of rotatable bonds is 13. The van der Waals surface area contributed by atoms with Crippen molar-refractivity contribution in [1.82, 2.24) is 4.90 Å². The lowest BCUT2D eigenvalue weighted by molar-refractivity contribution is -0.143. The maximum atomic E-state index is 11.3. The van der Waals surface area contributed by atoms with Crippen LogP contribution in [0.3, 0.4) is 0 Å². The van der Waals surface area contributed by atoms with E-state index in [0.717, 1.165) is 24.7 Å². The number of hydrogen-bond donors (Lipinski definition) is 0. The number of nitrogens with zero attached hydrogens (tertiary/aromatic N) is 1. The fourth-order valence-electron chi connectivity index (χ4n) is 2.23. The summed E-state index contributed by atoms with van der Waals surface area (Å²) in [6.45, 7) is 15.1. The van der Waals surface area contributed by atoms with Crippen molar-refractivity contribution in [3.63, 3.8) is 0 Å². The second-order valence-corrected chi connectivity index (χ2v) is 6.82. The van der Waals surface area contributed by atoms with Crippen molar-refractivity contribution in [3.05, 3.63) is 0 Å². The second-order valence-electron chi connectivity index (χ2n) is 6.82. The molecule has 0 heterocycles. The molecule has 0 aliphatic carbocycles. The van der Waals surface area contributed by atoms with Crippen LogP contribution >= 0.6 is 0 Å². The van der Waals surface area contributed by atoms with Gasteiger partial charge in [-0.2, -0.15) is 0 Å². The third-order valence-corrected chi connectivity index (χ3v) is 3.71. The van der Waals surface area contributed by atoms with Gasteiger partial charge in [-0.1, -0.05) is 34.1 Å². The number of carbonyl (C=O) groups excluding carboxylic acids is 1. The second kappa shape index (κ2) is 13.1. The lowest BCUT2D eigenvalue weighted by atomic mass is 10.1. The van der Waals surface area contributed by atoms with E-state index >= 15 is 0 Å². The third kappa shape index (κ3) is 14.1. The highest BCUT2D eigenvalue weighted by molar-refractivity contribution is 5.69. The number of hydrogen-bond acceptors (Lipinski definition) is 3. The van der Waals surface area contributed by atoms with Gasteiger partial charge in [0.15, 0.2) is 0 Å². The normalized spacial score (nSPS) is 11.6. The molecule has 21 heavy (non-hydrogen) atoms. The first kappa shape index (κ1) is 20.4. The molecule has 0 saturated heterocycles. The Morgan fingerprint density at radius 2 is 1.48 bits per heavy atom. The monoisotopic (exact) mass is 299 g/mol. The molecule has 0 aromatic carbocycles. The molecule has 0 atom stereocenters. The zero-order chi connectivity index (χ0) is 16.1. The van der Waals surface area contributed by atoms with Gasteiger partial charge in [-0.05, 0) is 64.1 Å². The predicted octanol–water partition coefficient (Wildman–Crippen LogP) is 4.50. The number of esters is 1. The molecule has 3 heteroatoms. The van der Waals surface area contributed by atoms with Crippen LogP contribution in [0.15, 0.2) is 0 Å². The van der Waals surface area contributed by atoms with Gasteiger partial charge in [0.1, 0.15) is 0 Å². The molecular weight excluding hydrogens is 262 g/mol. The fraction of sp³-hybridized carbons (Fsp3) is 0.944. The highest BCUT2D eigenvalue weighted by atomic mass is 16.5. The Labute approximate surface area is 132 Å². The number of carbonyl (C=O) groups is 1. The van der Waals surface area contributed by atoms with Gasteiger partial charge in [0, 0.05) is 6.42 Å². The molecule has 0 aromatic rings. The zero-order valence-electron chi connectivity index (χ0n) is 15.0. The molecule has 0 spiro atoms. The quantitative estimate of drug-likeness (QED) is 0.370. The minimum Gasteiger partial charge on any atom is -0.466 e. The summed E-state index contributed by atoms with van der Waals surface area (Å²) in [6.07, 6.45) is 6.41. The lowest BCUT2D eigenvalue weighted by Crippen LogP contribution is -2.28. The molecule has 0 radical (unpaired) electrons. The molecule has 0 unspecified atom stereocenters. The summed E-state index contributed by atoms with van der Waals surface area (Å²) in [5.74, 6) is 1.50. The molecule has 0 amide bonds. The van der Waals surface area contributed by atoms with Gasteiger partial charge in [0.05, 0.1) is 6.61 Å². The molecule has 0 fully saturated rings. The number of unbranched alkanes of at least 4 members (excludes halogenated alkanes) is 2. The summed E-state index contributed by atoms with van der Waals surface area (Å²) in [6, 6.07) is 0. The van der Waals surface area contributed by atoms with Gasteiger partial charge in [-0.15, -0.1) is 0 Å². The highest BCUT2D eigenvalue weighted by Crippen LogP contribution is 2.09. The number of ether oxygens (including phenoxy) is 1. The lowest BCUT2D eigenvalue weighted by Gasteiger charge is -2.24. The average molecular weight is 299 g/mol. The van der Waals surface area contributed by atoms with Crippen molar-refractivity contribution in [3.8, 4) is 0 Å². The van der Waals surface area contributed by atoms with Crippen LogP contribution in [-0.2, 0) is 9.53 Å². The molecule has 0 bridgehead atoms.